The predicted octanol–water partition coefficient (Wildman–Crippen LogP) is 15.0. The quantitative estimate of drug-likeness (QED) is 0.173. The van der Waals surface area contributed by atoms with Crippen LogP contribution in [0.2, 0.25) is 0 Å². The maximum Gasteiger partial charge on any atom is 0.0514 e. The maximum atomic E-state index is 2.61. The van der Waals surface area contributed by atoms with Crippen molar-refractivity contribution in [3.63, 3.8) is 0 Å². The largest absolute Gasteiger partial charge is 0.310 e. The van der Waals surface area contributed by atoms with Crippen LogP contribution in [0.3, 0.4) is 0 Å². The number of rotatable bonds is 5. The summed E-state index contributed by atoms with van der Waals surface area (Å²) in [7, 11) is 0. The molecule has 2 heteroatoms. The van der Waals surface area contributed by atoms with Crippen molar-refractivity contribution in [3.05, 3.63) is 162 Å². The molecule has 0 N–H and O–H groups in total. The number of fused-ring (bicyclic) bond motifs is 3. The third kappa shape index (κ3) is 5.27. The van der Waals surface area contributed by atoms with E-state index < -0.39 is 0 Å². The molecule has 0 radical (unpaired) electrons. The molecule has 1 spiro atoms. The van der Waals surface area contributed by atoms with Crippen LogP contribution in [-0.4, -0.2) is 0 Å². The highest BCUT2D eigenvalue weighted by atomic mass is 32.2. The minimum absolute atomic E-state index is 0.0348. The van der Waals surface area contributed by atoms with E-state index in [1.165, 1.54) is 105 Å². The van der Waals surface area contributed by atoms with Crippen LogP contribution in [0, 0.1) is 23.7 Å². The normalized spacial score (nSPS) is 26.0. The first-order valence-electron chi connectivity index (χ1n) is 21.3. The molecule has 4 fully saturated rings. The van der Waals surface area contributed by atoms with Gasteiger partial charge in [-0.25, -0.2) is 0 Å². The van der Waals surface area contributed by atoms with Gasteiger partial charge in [0.1, 0.15) is 0 Å². The first kappa shape index (κ1) is 34.7. The van der Waals surface area contributed by atoms with Gasteiger partial charge in [-0.15, -0.1) is 0 Å². The highest BCUT2D eigenvalue weighted by Gasteiger charge is 2.61. The number of hydrogen-bond donors (Lipinski definition) is 0. The van der Waals surface area contributed by atoms with E-state index in [0.29, 0.717) is 11.8 Å². The van der Waals surface area contributed by atoms with Crippen molar-refractivity contribution in [2.75, 3.05) is 4.90 Å². The first-order chi connectivity index (χ1) is 27.2. The molecule has 6 aromatic rings. The third-order valence-corrected chi connectivity index (χ3v) is 16.3. The Kier molecular flexibility index (Phi) is 7.89. The van der Waals surface area contributed by atoms with E-state index in [9.17, 15) is 0 Å². The molecule has 6 aromatic carbocycles. The Morgan fingerprint density at radius 2 is 1.00 bits per heavy atom. The van der Waals surface area contributed by atoms with E-state index in [1.54, 1.807) is 11.1 Å². The standard InChI is InChI=1S/C54H53NS/c1-52(2)27-28-53(3,4)47-34-40(21-26-45(47)52)39-19-24-44(25-20-39)55(43-22-17-38(18-23-43)37-11-6-5-7-12-37)48-14-10-16-50-51(48)54(46-13-8-9-15-49(46)56-50)41-30-35-29-36(32-41)33-42(54)31-35/h5-26,34-36,41-42H,27-33H2,1-4H3. The van der Waals surface area contributed by atoms with E-state index >= 15 is 0 Å². The Balaban J connectivity index is 1.08. The van der Waals surface area contributed by atoms with Crippen LogP contribution in [0.4, 0.5) is 17.1 Å². The smallest absolute Gasteiger partial charge is 0.0514 e. The summed E-state index contributed by atoms with van der Waals surface area (Å²) < 4.78 is 0. The van der Waals surface area contributed by atoms with Crippen molar-refractivity contribution in [1.29, 1.82) is 0 Å². The minimum Gasteiger partial charge on any atom is -0.310 e. The zero-order valence-electron chi connectivity index (χ0n) is 33.4. The molecule has 6 aliphatic rings. The van der Waals surface area contributed by atoms with Gasteiger partial charge in [-0.05, 0) is 161 Å². The molecule has 56 heavy (non-hydrogen) atoms. The molecule has 0 amide bonds. The highest BCUT2D eigenvalue weighted by molar-refractivity contribution is 7.99. The molecule has 1 nitrogen and oxygen atoms in total. The van der Waals surface area contributed by atoms with Gasteiger partial charge < -0.3 is 4.90 Å². The Morgan fingerprint density at radius 3 is 1.66 bits per heavy atom. The van der Waals surface area contributed by atoms with Crippen molar-refractivity contribution in [1.82, 2.24) is 0 Å². The van der Waals surface area contributed by atoms with E-state index in [0.717, 1.165) is 11.8 Å². The fourth-order valence-corrected chi connectivity index (χ4v) is 13.8. The molecule has 0 unspecified atom stereocenters. The van der Waals surface area contributed by atoms with E-state index in [2.05, 4.69) is 172 Å². The molecule has 280 valence electrons. The second-order valence-electron chi connectivity index (χ2n) is 19.2. The second-order valence-corrected chi connectivity index (χ2v) is 20.3. The Morgan fingerprint density at radius 1 is 0.464 bits per heavy atom. The summed E-state index contributed by atoms with van der Waals surface area (Å²) in [5, 5.41) is 0. The van der Waals surface area contributed by atoms with Crippen LogP contribution < -0.4 is 4.90 Å². The number of nitrogens with zero attached hydrogens (tertiary/aromatic N) is 1. The molecule has 1 heterocycles. The summed E-state index contributed by atoms with van der Waals surface area (Å²) in [4.78, 5) is 5.54. The van der Waals surface area contributed by atoms with Crippen molar-refractivity contribution in [2.45, 2.75) is 98.7 Å². The first-order valence-corrected chi connectivity index (χ1v) is 22.1. The van der Waals surface area contributed by atoms with Crippen LogP contribution in [0.5, 0.6) is 0 Å². The van der Waals surface area contributed by atoms with Gasteiger partial charge in [0.15, 0.2) is 0 Å². The lowest BCUT2D eigenvalue weighted by Gasteiger charge is -2.63. The van der Waals surface area contributed by atoms with Gasteiger partial charge in [-0.3, -0.25) is 0 Å². The zero-order chi connectivity index (χ0) is 37.8. The summed E-state index contributed by atoms with van der Waals surface area (Å²) in [5.74, 6) is 3.16. The Labute approximate surface area is 338 Å². The van der Waals surface area contributed by atoms with Gasteiger partial charge in [-0.1, -0.05) is 137 Å². The van der Waals surface area contributed by atoms with Crippen molar-refractivity contribution < 1.29 is 0 Å². The van der Waals surface area contributed by atoms with Crippen molar-refractivity contribution >= 4 is 28.8 Å². The minimum atomic E-state index is 0.0348. The van der Waals surface area contributed by atoms with E-state index in [-0.39, 0.29) is 16.2 Å². The summed E-state index contributed by atoms with van der Waals surface area (Å²) in [6.45, 7) is 9.71. The van der Waals surface area contributed by atoms with Gasteiger partial charge >= 0.3 is 0 Å². The molecule has 4 bridgehead atoms. The lowest BCUT2D eigenvalue weighted by molar-refractivity contribution is -0.0441. The number of hydrogen-bond acceptors (Lipinski definition) is 2. The summed E-state index contributed by atoms with van der Waals surface area (Å²) in [6, 6.07) is 53.7. The van der Waals surface area contributed by atoms with Gasteiger partial charge in [0.05, 0.1) is 5.69 Å². The summed E-state index contributed by atoms with van der Waals surface area (Å²) >= 11 is 2.01. The molecule has 12 rings (SSSR count). The molecule has 0 aromatic heterocycles. The fraction of sp³-hybridized carbons (Fsp3) is 0.333. The number of anilines is 3. The molecule has 0 saturated heterocycles. The highest BCUT2D eigenvalue weighted by Crippen LogP contribution is 2.70. The van der Waals surface area contributed by atoms with Crippen LogP contribution >= 0.6 is 11.8 Å². The average Bonchev–Trinajstić information content (AvgIpc) is 3.22. The third-order valence-electron chi connectivity index (χ3n) is 15.2. The van der Waals surface area contributed by atoms with Gasteiger partial charge in [-0.2, -0.15) is 0 Å². The lowest BCUT2D eigenvalue weighted by atomic mass is 9.42. The average molecular weight is 748 g/mol. The van der Waals surface area contributed by atoms with Crippen molar-refractivity contribution in [2.24, 2.45) is 23.7 Å². The van der Waals surface area contributed by atoms with Gasteiger partial charge in [0, 0.05) is 32.1 Å². The maximum absolute atomic E-state index is 2.61. The molecular formula is C54H53NS. The molecule has 1 aliphatic heterocycles. The second kappa shape index (κ2) is 12.7. The van der Waals surface area contributed by atoms with Crippen LogP contribution in [0.1, 0.15) is 94.9 Å². The lowest BCUT2D eigenvalue weighted by Crippen LogP contribution is -2.57. The van der Waals surface area contributed by atoms with Crippen LogP contribution in [-0.2, 0) is 16.2 Å². The monoisotopic (exact) mass is 747 g/mol. The van der Waals surface area contributed by atoms with Gasteiger partial charge in [0.2, 0.25) is 0 Å². The SMILES string of the molecule is CC1(C)CCC(C)(C)c2cc(-c3ccc(N(c4ccc(-c5ccccc5)cc4)c4cccc5c4C4(c6ccccc6S5)C5CC6CC(C5)CC4C6)cc3)ccc21. The van der Waals surface area contributed by atoms with E-state index in [1.807, 2.05) is 11.8 Å². The fourth-order valence-electron chi connectivity index (χ4n) is 12.6. The molecule has 5 aliphatic carbocycles. The van der Waals surface area contributed by atoms with Crippen LogP contribution in [0.15, 0.2) is 149 Å². The molecular weight excluding hydrogens is 695 g/mol. The Hall–Kier alpha value is -4.53. The Bertz CT molecular complexity index is 2430. The van der Waals surface area contributed by atoms with E-state index in [4.69, 9.17) is 0 Å². The molecule has 4 saturated carbocycles. The van der Waals surface area contributed by atoms with Gasteiger partial charge in [0.25, 0.3) is 0 Å². The summed E-state index contributed by atoms with van der Waals surface area (Å²) in [6.07, 6.45) is 9.40. The number of benzene rings is 6. The predicted molar refractivity (Wildman–Crippen MR) is 236 cm³/mol. The van der Waals surface area contributed by atoms with Crippen LogP contribution in [0.25, 0.3) is 22.3 Å². The van der Waals surface area contributed by atoms with Crippen molar-refractivity contribution in [3.8, 4) is 22.3 Å². The topological polar surface area (TPSA) is 3.24 Å². The molecule has 0 atom stereocenters. The summed E-state index contributed by atoms with van der Waals surface area (Å²) in [5.41, 5.74) is 15.6. The zero-order valence-corrected chi connectivity index (χ0v) is 34.2.